The lowest BCUT2D eigenvalue weighted by Gasteiger charge is -2.26. The fourth-order valence-electron chi connectivity index (χ4n) is 2.55. The highest BCUT2D eigenvalue weighted by Gasteiger charge is 2.25. The van der Waals surface area contributed by atoms with Gasteiger partial charge in [-0.2, -0.15) is 5.10 Å². The lowest BCUT2D eigenvalue weighted by atomic mass is 9.98. The molecular weight excluding hydrogens is 252 g/mol. The van der Waals surface area contributed by atoms with Gasteiger partial charge in [0.1, 0.15) is 11.4 Å². The fraction of sp³-hybridized carbons (Fsp3) is 0.333. The van der Waals surface area contributed by atoms with E-state index in [0.717, 1.165) is 18.9 Å². The predicted octanol–water partition coefficient (Wildman–Crippen LogP) is 1.79. The molecule has 0 fully saturated rings. The number of hydrogen-bond acceptors (Lipinski definition) is 3. The van der Waals surface area contributed by atoms with Gasteiger partial charge in [-0.05, 0) is 5.56 Å². The molecule has 1 unspecified atom stereocenters. The second kappa shape index (κ2) is 5.00. The van der Waals surface area contributed by atoms with Crippen LogP contribution in [-0.2, 0) is 6.54 Å². The highest BCUT2D eigenvalue weighted by Crippen LogP contribution is 2.27. The van der Waals surface area contributed by atoms with Gasteiger partial charge >= 0.3 is 0 Å². The molecule has 0 aliphatic carbocycles. The normalized spacial score (nSPS) is 17.2. The lowest BCUT2D eigenvalue weighted by Crippen LogP contribution is -2.29. The van der Waals surface area contributed by atoms with Crippen LogP contribution in [0.2, 0.25) is 0 Å². The molecule has 0 saturated heterocycles. The van der Waals surface area contributed by atoms with Crippen LogP contribution >= 0.6 is 0 Å². The van der Waals surface area contributed by atoms with Gasteiger partial charge in [-0.3, -0.25) is 4.79 Å². The van der Waals surface area contributed by atoms with E-state index >= 15 is 0 Å². The minimum Gasteiger partial charge on any atom is -0.369 e. The monoisotopic (exact) mass is 270 g/mol. The molecule has 3 rings (SSSR count). The van der Waals surface area contributed by atoms with Crippen molar-refractivity contribution < 1.29 is 4.79 Å². The number of amides is 1. The predicted molar refractivity (Wildman–Crippen MR) is 77.9 cm³/mol. The van der Waals surface area contributed by atoms with Crippen molar-refractivity contribution in [1.29, 1.82) is 0 Å². The Morgan fingerprint density at radius 2 is 2.10 bits per heavy atom. The highest BCUT2D eigenvalue weighted by molar-refractivity contribution is 5.98. The van der Waals surface area contributed by atoms with E-state index in [-0.39, 0.29) is 5.91 Å². The summed E-state index contributed by atoms with van der Waals surface area (Å²) >= 11 is 0. The number of aromatic nitrogens is 2. The molecule has 1 aromatic heterocycles. The van der Waals surface area contributed by atoms with E-state index in [1.807, 2.05) is 10.7 Å². The molecule has 1 aromatic carbocycles. The van der Waals surface area contributed by atoms with Crippen molar-refractivity contribution in [1.82, 2.24) is 14.7 Å². The maximum atomic E-state index is 12.1. The summed E-state index contributed by atoms with van der Waals surface area (Å²) in [7, 11) is 3.50. The van der Waals surface area contributed by atoms with E-state index in [1.165, 1.54) is 5.56 Å². The molecule has 5 nitrogen and oxygen atoms in total. The maximum Gasteiger partial charge on any atom is 0.258 e. The van der Waals surface area contributed by atoms with Crippen LogP contribution in [0.15, 0.2) is 36.5 Å². The Balaban J connectivity index is 1.85. The van der Waals surface area contributed by atoms with E-state index in [4.69, 9.17) is 0 Å². The summed E-state index contributed by atoms with van der Waals surface area (Å²) in [5.74, 6) is 1.19. The van der Waals surface area contributed by atoms with Gasteiger partial charge in [0, 0.05) is 26.6 Å². The first-order valence-corrected chi connectivity index (χ1v) is 6.73. The number of benzene rings is 1. The van der Waals surface area contributed by atoms with E-state index in [0.29, 0.717) is 11.5 Å². The third-order valence-electron chi connectivity index (χ3n) is 3.66. The van der Waals surface area contributed by atoms with Crippen LogP contribution in [0.25, 0.3) is 0 Å². The summed E-state index contributed by atoms with van der Waals surface area (Å²) in [6, 6.07) is 10.4. The minimum atomic E-state index is -0.0167. The second-order valence-electron chi connectivity index (χ2n) is 5.28. The second-order valence-corrected chi connectivity index (χ2v) is 5.28. The van der Waals surface area contributed by atoms with Crippen LogP contribution in [0.3, 0.4) is 0 Å². The van der Waals surface area contributed by atoms with Crippen molar-refractivity contribution >= 4 is 11.7 Å². The third-order valence-corrected chi connectivity index (χ3v) is 3.66. The summed E-state index contributed by atoms with van der Waals surface area (Å²) < 4.78 is 1.89. The molecule has 2 heterocycles. The Morgan fingerprint density at radius 3 is 2.80 bits per heavy atom. The molecule has 1 aliphatic rings. The molecule has 104 valence electrons. The zero-order chi connectivity index (χ0) is 14.1. The summed E-state index contributed by atoms with van der Waals surface area (Å²) in [5, 5.41) is 7.69. The lowest BCUT2D eigenvalue weighted by molar-refractivity contribution is 0.0828. The Kier molecular flexibility index (Phi) is 3.18. The van der Waals surface area contributed by atoms with E-state index < -0.39 is 0 Å². The molecule has 1 atom stereocenters. The molecule has 1 aliphatic heterocycles. The molecule has 0 saturated carbocycles. The quantitative estimate of drug-likeness (QED) is 0.905. The molecule has 2 aromatic rings. The van der Waals surface area contributed by atoms with Crippen LogP contribution in [0.1, 0.15) is 21.8 Å². The zero-order valence-corrected chi connectivity index (χ0v) is 11.7. The van der Waals surface area contributed by atoms with Crippen LogP contribution in [-0.4, -0.2) is 41.2 Å². The first-order valence-electron chi connectivity index (χ1n) is 6.73. The molecule has 1 N–H and O–H groups in total. The topological polar surface area (TPSA) is 50.2 Å². The Bertz CT molecular complexity index is 618. The van der Waals surface area contributed by atoms with Gasteiger partial charge in [0.25, 0.3) is 5.91 Å². The smallest absolute Gasteiger partial charge is 0.258 e. The molecule has 1 amide bonds. The van der Waals surface area contributed by atoms with Crippen molar-refractivity contribution in [2.24, 2.45) is 0 Å². The van der Waals surface area contributed by atoms with Crippen molar-refractivity contribution in [2.45, 2.75) is 12.5 Å². The number of fused-ring (bicyclic) bond motifs is 1. The van der Waals surface area contributed by atoms with E-state index in [9.17, 15) is 4.79 Å². The Labute approximate surface area is 118 Å². The van der Waals surface area contributed by atoms with Gasteiger partial charge in [-0.15, -0.1) is 0 Å². The summed E-state index contributed by atoms with van der Waals surface area (Å²) in [6.45, 7) is 1.62. The van der Waals surface area contributed by atoms with Crippen LogP contribution in [0, 0.1) is 0 Å². The van der Waals surface area contributed by atoms with E-state index in [1.54, 1.807) is 25.2 Å². The van der Waals surface area contributed by atoms with Gasteiger partial charge in [0.05, 0.1) is 12.7 Å². The summed E-state index contributed by atoms with van der Waals surface area (Å²) in [4.78, 5) is 13.6. The maximum absolute atomic E-state index is 12.1. The standard InChI is InChI=1S/C15H18N4O/c1-18(2)15(20)13-9-17-19-10-12(8-16-14(13)19)11-6-4-3-5-7-11/h3-7,9,12,16H,8,10H2,1-2H3. The third kappa shape index (κ3) is 2.15. The minimum absolute atomic E-state index is 0.0167. The number of hydrogen-bond donors (Lipinski definition) is 1. The van der Waals surface area contributed by atoms with Crippen molar-refractivity contribution in [3.63, 3.8) is 0 Å². The van der Waals surface area contributed by atoms with E-state index in [2.05, 4.69) is 34.7 Å². The van der Waals surface area contributed by atoms with Gasteiger partial charge < -0.3 is 10.2 Å². The number of carbonyl (C=O) groups excluding carboxylic acids is 1. The zero-order valence-electron chi connectivity index (χ0n) is 11.7. The Hall–Kier alpha value is -2.30. The summed E-state index contributed by atoms with van der Waals surface area (Å²) in [5.41, 5.74) is 1.93. The van der Waals surface area contributed by atoms with Crippen molar-refractivity contribution in [3.8, 4) is 0 Å². The number of nitrogens with one attached hydrogen (secondary N) is 1. The van der Waals surface area contributed by atoms with Gasteiger partial charge in [-0.25, -0.2) is 4.68 Å². The van der Waals surface area contributed by atoms with Crippen molar-refractivity contribution in [3.05, 3.63) is 47.7 Å². The van der Waals surface area contributed by atoms with Crippen LogP contribution in [0.4, 0.5) is 5.82 Å². The van der Waals surface area contributed by atoms with Crippen LogP contribution < -0.4 is 5.32 Å². The van der Waals surface area contributed by atoms with Crippen molar-refractivity contribution in [2.75, 3.05) is 26.0 Å². The number of anilines is 1. The molecule has 0 spiro atoms. The number of nitrogens with zero attached hydrogens (tertiary/aromatic N) is 3. The number of rotatable bonds is 2. The highest BCUT2D eigenvalue weighted by atomic mass is 16.2. The molecule has 0 radical (unpaired) electrons. The molecule has 0 bridgehead atoms. The average Bonchev–Trinajstić information content (AvgIpc) is 2.90. The van der Waals surface area contributed by atoms with Gasteiger partial charge in [-0.1, -0.05) is 30.3 Å². The molecule has 20 heavy (non-hydrogen) atoms. The van der Waals surface area contributed by atoms with Crippen LogP contribution in [0.5, 0.6) is 0 Å². The fourth-order valence-corrected chi connectivity index (χ4v) is 2.55. The van der Waals surface area contributed by atoms with Gasteiger partial charge in [0.2, 0.25) is 0 Å². The SMILES string of the molecule is CN(C)C(=O)c1cnn2c1NCC(c1ccccc1)C2. The largest absolute Gasteiger partial charge is 0.369 e. The Morgan fingerprint density at radius 1 is 1.35 bits per heavy atom. The summed E-state index contributed by atoms with van der Waals surface area (Å²) in [6.07, 6.45) is 1.65. The van der Waals surface area contributed by atoms with Gasteiger partial charge in [0.15, 0.2) is 0 Å². The first kappa shape index (κ1) is 12.7. The number of carbonyl (C=O) groups is 1. The first-order chi connectivity index (χ1) is 9.66. The molecule has 5 heteroatoms. The molecular formula is C15H18N4O. The average molecular weight is 270 g/mol.